The fraction of sp³-hybridized carbons (Fsp3) is 0.200. The molecule has 2 N–H and O–H groups in total. The van der Waals surface area contributed by atoms with E-state index in [9.17, 15) is 4.79 Å². The van der Waals surface area contributed by atoms with Gasteiger partial charge in [-0.1, -0.05) is 41.4 Å². The van der Waals surface area contributed by atoms with E-state index in [4.69, 9.17) is 28.9 Å². The molecule has 0 bridgehead atoms. The monoisotopic (exact) mass is 323 g/mol. The number of nitrogen functional groups attached to an aromatic ring is 1. The average molecular weight is 324 g/mol. The molecule has 0 aliphatic rings. The number of nitrogens with two attached hydrogens (primary N) is 1. The summed E-state index contributed by atoms with van der Waals surface area (Å²) in [6.07, 6.45) is 1.38. The van der Waals surface area contributed by atoms with Crippen LogP contribution in [0.2, 0.25) is 10.2 Å². The zero-order chi connectivity index (χ0) is 15.6. The lowest BCUT2D eigenvalue weighted by molar-refractivity contribution is 0.0743. The molecular weight excluding hydrogens is 309 g/mol. The topological polar surface area (TPSA) is 59.2 Å². The Balaban J connectivity index is 2.31. The zero-order valence-corrected chi connectivity index (χ0v) is 13.2. The first-order chi connectivity index (χ1) is 9.91. The number of aromatic nitrogens is 1. The Morgan fingerprint density at radius 2 is 2.00 bits per heavy atom. The van der Waals surface area contributed by atoms with E-state index < -0.39 is 0 Å². The number of halogens is 2. The highest BCUT2D eigenvalue weighted by Gasteiger charge is 2.22. The summed E-state index contributed by atoms with van der Waals surface area (Å²) in [5.41, 5.74) is 7.30. The molecule has 0 aliphatic carbocycles. The minimum absolute atomic E-state index is 0.197. The molecule has 0 spiro atoms. The summed E-state index contributed by atoms with van der Waals surface area (Å²) in [4.78, 5) is 18.0. The van der Waals surface area contributed by atoms with Gasteiger partial charge in [0.1, 0.15) is 5.15 Å². The number of nitrogens with zero attached hydrogens (tertiary/aromatic N) is 2. The molecule has 110 valence electrons. The van der Waals surface area contributed by atoms with E-state index >= 15 is 0 Å². The molecule has 1 heterocycles. The van der Waals surface area contributed by atoms with E-state index in [0.29, 0.717) is 16.3 Å². The van der Waals surface area contributed by atoms with E-state index in [-0.39, 0.29) is 17.1 Å². The SMILES string of the molecule is CC(c1ccccc1Cl)N(C)C(=O)c1cc(Cl)ncc1N. The standard InChI is InChI=1S/C15H15Cl2N3O/c1-9(10-5-3-4-6-12(10)16)20(2)15(21)11-7-14(17)19-8-13(11)18/h3-9H,18H2,1-2H3. The number of hydrogen-bond acceptors (Lipinski definition) is 3. The number of pyridine rings is 1. The van der Waals surface area contributed by atoms with Crippen LogP contribution in [0.4, 0.5) is 5.69 Å². The van der Waals surface area contributed by atoms with Gasteiger partial charge < -0.3 is 10.6 Å². The summed E-state index contributed by atoms with van der Waals surface area (Å²) in [6.45, 7) is 1.90. The molecule has 1 unspecified atom stereocenters. The number of carbonyl (C=O) groups is 1. The molecule has 2 aromatic rings. The summed E-state index contributed by atoms with van der Waals surface area (Å²) < 4.78 is 0. The van der Waals surface area contributed by atoms with Gasteiger partial charge in [-0.15, -0.1) is 0 Å². The molecule has 1 atom stereocenters. The summed E-state index contributed by atoms with van der Waals surface area (Å²) >= 11 is 12.0. The number of amides is 1. The molecule has 1 amide bonds. The van der Waals surface area contributed by atoms with Crippen molar-refractivity contribution in [1.82, 2.24) is 9.88 Å². The van der Waals surface area contributed by atoms with Crippen LogP contribution in [0.25, 0.3) is 0 Å². The van der Waals surface area contributed by atoms with Crippen molar-refractivity contribution in [3.8, 4) is 0 Å². The number of hydrogen-bond donors (Lipinski definition) is 1. The van der Waals surface area contributed by atoms with Gasteiger partial charge in [0.25, 0.3) is 5.91 Å². The molecule has 0 aliphatic heterocycles. The van der Waals surface area contributed by atoms with E-state index in [2.05, 4.69) is 4.98 Å². The van der Waals surface area contributed by atoms with Crippen molar-refractivity contribution < 1.29 is 4.79 Å². The molecule has 0 saturated carbocycles. The molecule has 1 aromatic heterocycles. The highest BCUT2D eigenvalue weighted by atomic mass is 35.5. The van der Waals surface area contributed by atoms with E-state index in [1.165, 1.54) is 12.3 Å². The van der Waals surface area contributed by atoms with Crippen LogP contribution < -0.4 is 5.73 Å². The third kappa shape index (κ3) is 3.28. The Hall–Kier alpha value is -1.78. The molecular formula is C15H15Cl2N3O. The van der Waals surface area contributed by atoms with Crippen LogP contribution in [0.15, 0.2) is 36.5 Å². The Kier molecular flexibility index (Phi) is 4.70. The predicted molar refractivity (Wildman–Crippen MR) is 85.6 cm³/mol. The normalized spacial score (nSPS) is 12.0. The third-order valence-corrected chi connectivity index (χ3v) is 3.94. The molecule has 6 heteroatoms. The van der Waals surface area contributed by atoms with Gasteiger partial charge in [-0.2, -0.15) is 0 Å². The summed E-state index contributed by atoms with van der Waals surface area (Å²) in [5, 5.41) is 0.844. The fourth-order valence-electron chi connectivity index (χ4n) is 2.01. The molecule has 0 saturated heterocycles. The maximum absolute atomic E-state index is 12.6. The van der Waals surface area contributed by atoms with Gasteiger partial charge in [0, 0.05) is 12.1 Å². The zero-order valence-electron chi connectivity index (χ0n) is 11.7. The third-order valence-electron chi connectivity index (χ3n) is 3.39. The van der Waals surface area contributed by atoms with Crippen LogP contribution >= 0.6 is 23.2 Å². The minimum atomic E-state index is -0.232. The van der Waals surface area contributed by atoms with Gasteiger partial charge in [0.15, 0.2) is 0 Å². The smallest absolute Gasteiger partial charge is 0.256 e. The van der Waals surface area contributed by atoms with Crippen LogP contribution in [-0.2, 0) is 0 Å². The maximum Gasteiger partial charge on any atom is 0.256 e. The van der Waals surface area contributed by atoms with Crippen LogP contribution in [0.3, 0.4) is 0 Å². The minimum Gasteiger partial charge on any atom is -0.397 e. The summed E-state index contributed by atoms with van der Waals surface area (Å²) in [7, 11) is 1.70. The Morgan fingerprint density at radius 1 is 1.33 bits per heavy atom. The number of anilines is 1. The second-order valence-electron chi connectivity index (χ2n) is 4.71. The van der Waals surface area contributed by atoms with Gasteiger partial charge >= 0.3 is 0 Å². The Morgan fingerprint density at radius 3 is 2.67 bits per heavy atom. The van der Waals surface area contributed by atoms with Gasteiger partial charge in [-0.05, 0) is 24.6 Å². The highest BCUT2D eigenvalue weighted by molar-refractivity contribution is 6.31. The number of carbonyl (C=O) groups excluding carboxylic acids is 1. The number of benzene rings is 1. The van der Waals surface area contributed by atoms with Crippen molar-refractivity contribution >= 4 is 34.8 Å². The molecule has 0 radical (unpaired) electrons. The first kappa shape index (κ1) is 15.6. The number of rotatable bonds is 3. The predicted octanol–water partition coefficient (Wildman–Crippen LogP) is 3.80. The molecule has 2 rings (SSSR count). The first-order valence-corrected chi connectivity index (χ1v) is 7.10. The molecule has 21 heavy (non-hydrogen) atoms. The van der Waals surface area contributed by atoms with E-state index in [1.807, 2.05) is 25.1 Å². The van der Waals surface area contributed by atoms with Crippen LogP contribution in [0, 0.1) is 0 Å². The Bertz CT molecular complexity index is 676. The fourth-order valence-corrected chi connectivity index (χ4v) is 2.47. The van der Waals surface area contributed by atoms with Crippen molar-refractivity contribution in [2.75, 3.05) is 12.8 Å². The second-order valence-corrected chi connectivity index (χ2v) is 5.50. The van der Waals surface area contributed by atoms with Crippen LogP contribution in [0.1, 0.15) is 28.9 Å². The molecule has 4 nitrogen and oxygen atoms in total. The summed E-state index contributed by atoms with van der Waals surface area (Å²) in [5.74, 6) is -0.232. The van der Waals surface area contributed by atoms with Crippen LogP contribution in [0.5, 0.6) is 0 Å². The van der Waals surface area contributed by atoms with Crippen molar-refractivity contribution in [1.29, 1.82) is 0 Å². The Labute approximate surface area is 133 Å². The van der Waals surface area contributed by atoms with Crippen LogP contribution in [-0.4, -0.2) is 22.8 Å². The lowest BCUT2D eigenvalue weighted by atomic mass is 10.1. The average Bonchev–Trinajstić information content (AvgIpc) is 2.48. The van der Waals surface area contributed by atoms with Crippen molar-refractivity contribution in [3.63, 3.8) is 0 Å². The van der Waals surface area contributed by atoms with Gasteiger partial charge in [0.2, 0.25) is 0 Å². The van der Waals surface area contributed by atoms with E-state index in [1.54, 1.807) is 18.0 Å². The van der Waals surface area contributed by atoms with Gasteiger partial charge in [0.05, 0.1) is 23.5 Å². The van der Waals surface area contributed by atoms with Gasteiger partial charge in [-0.3, -0.25) is 4.79 Å². The molecule has 1 aromatic carbocycles. The van der Waals surface area contributed by atoms with Crippen molar-refractivity contribution in [2.45, 2.75) is 13.0 Å². The lowest BCUT2D eigenvalue weighted by Gasteiger charge is -2.26. The molecule has 0 fully saturated rings. The largest absolute Gasteiger partial charge is 0.397 e. The van der Waals surface area contributed by atoms with Crippen molar-refractivity contribution in [3.05, 3.63) is 57.8 Å². The van der Waals surface area contributed by atoms with Gasteiger partial charge in [-0.25, -0.2) is 4.98 Å². The maximum atomic E-state index is 12.6. The first-order valence-electron chi connectivity index (χ1n) is 6.34. The summed E-state index contributed by atoms with van der Waals surface area (Å²) in [6, 6.07) is 8.69. The van der Waals surface area contributed by atoms with Crippen molar-refractivity contribution in [2.24, 2.45) is 0 Å². The second kappa shape index (κ2) is 6.33. The lowest BCUT2D eigenvalue weighted by Crippen LogP contribution is -2.30. The highest BCUT2D eigenvalue weighted by Crippen LogP contribution is 2.28. The van der Waals surface area contributed by atoms with E-state index in [0.717, 1.165) is 5.56 Å². The quantitative estimate of drug-likeness (QED) is 0.874.